The Balaban J connectivity index is 2.46. The van der Waals surface area contributed by atoms with Crippen LogP contribution in [0.3, 0.4) is 0 Å². The fraction of sp³-hybridized carbons (Fsp3) is 0.500. The molecule has 0 spiro atoms. The summed E-state index contributed by atoms with van der Waals surface area (Å²) >= 11 is 0. The second-order valence-corrected chi connectivity index (χ2v) is 3.55. The highest BCUT2D eigenvalue weighted by molar-refractivity contribution is 5.27. The van der Waals surface area contributed by atoms with Gasteiger partial charge in [-0.15, -0.1) is 0 Å². The quantitative estimate of drug-likeness (QED) is 0.633. The van der Waals surface area contributed by atoms with E-state index in [2.05, 4.69) is 5.32 Å². The van der Waals surface area contributed by atoms with E-state index >= 15 is 0 Å². The average molecular weight is 225 g/mol. The van der Waals surface area contributed by atoms with Crippen molar-refractivity contribution in [2.45, 2.75) is 19.6 Å². The van der Waals surface area contributed by atoms with Gasteiger partial charge in [0.25, 0.3) is 0 Å². The van der Waals surface area contributed by atoms with Gasteiger partial charge in [0.2, 0.25) is 0 Å². The zero-order chi connectivity index (χ0) is 11.8. The molecule has 0 aliphatic rings. The third kappa shape index (κ3) is 4.18. The van der Waals surface area contributed by atoms with Gasteiger partial charge in [-0.1, -0.05) is 19.1 Å². The average Bonchev–Trinajstić information content (AvgIpc) is 2.34. The third-order valence-electron chi connectivity index (χ3n) is 2.25. The van der Waals surface area contributed by atoms with Crippen LogP contribution in [-0.4, -0.2) is 36.0 Å². The Bertz CT molecular complexity index is 304. The van der Waals surface area contributed by atoms with Crippen molar-refractivity contribution in [2.75, 3.05) is 19.8 Å². The topological polar surface area (TPSA) is 61.7 Å². The van der Waals surface area contributed by atoms with Gasteiger partial charge in [0, 0.05) is 0 Å². The molecule has 0 heterocycles. The van der Waals surface area contributed by atoms with Crippen LogP contribution >= 0.6 is 0 Å². The van der Waals surface area contributed by atoms with Crippen LogP contribution in [0.25, 0.3) is 0 Å². The summed E-state index contributed by atoms with van der Waals surface area (Å²) in [7, 11) is 0. The normalized spacial score (nSPS) is 12.4. The number of rotatable bonds is 7. The highest BCUT2D eigenvalue weighted by atomic mass is 16.5. The molecule has 0 bridgehead atoms. The summed E-state index contributed by atoms with van der Waals surface area (Å²) < 4.78 is 5.52. The van der Waals surface area contributed by atoms with E-state index in [9.17, 15) is 0 Å². The molecule has 0 fully saturated rings. The van der Waals surface area contributed by atoms with E-state index < -0.39 is 0 Å². The standard InChI is InChI=1S/C12H19NO3/c1-2-13-11(8-15)9-16-12-5-3-4-10(6-12)7-14/h3-6,11,13-15H,2,7-9H2,1H3. The minimum absolute atomic E-state index is 0.00778. The molecule has 1 rings (SSSR count). The van der Waals surface area contributed by atoms with E-state index in [1.54, 1.807) is 6.07 Å². The lowest BCUT2D eigenvalue weighted by Crippen LogP contribution is -2.37. The van der Waals surface area contributed by atoms with Gasteiger partial charge in [0.1, 0.15) is 12.4 Å². The predicted octanol–water partition coefficient (Wildman–Crippen LogP) is 0.528. The highest BCUT2D eigenvalue weighted by Crippen LogP contribution is 2.13. The molecule has 0 saturated heterocycles. The molecule has 0 aliphatic heterocycles. The Labute approximate surface area is 95.9 Å². The van der Waals surface area contributed by atoms with Gasteiger partial charge in [-0.2, -0.15) is 0 Å². The van der Waals surface area contributed by atoms with Gasteiger partial charge < -0.3 is 20.3 Å². The number of hydrogen-bond donors (Lipinski definition) is 3. The van der Waals surface area contributed by atoms with Gasteiger partial charge >= 0.3 is 0 Å². The van der Waals surface area contributed by atoms with Gasteiger partial charge in [-0.3, -0.25) is 0 Å². The number of likely N-dealkylation sites (N-methyl/N-ethyl adjacent to an activating group) is 1. The van der Waals surface area contributed by atoms with Crippen LogP contribution in [0.2, 0.25) is 0 Å². The Morgan fingerprint density at radius 1 is 1.38 bits per heavy atom. The van der Waals surface area contributed by atoms with Gasteiger partial charge in [0.05, 0.1) is 19.3 Å². The molecule has 0 saturated carbocycles. The van der Waals surface area contributed by atoms with Crippen molar-refractivity contribution in [3.63, 3.8) is 0 Å². The van der Waals surface area contributed by atoms with Gasteiger partial charge in [-0.25, -0.2) is 0 Å². The van der Waals surface area contributed by atoms with Crippen LogP contribution in [-0.2, 0) is 6.61 Å². The van der Waals surface area contributed by atoms with E-state index in [0.29, 0.717) is 12.4 Å². The van der Waals surface area contributed by atoms with Crippen LogP contribution in [0.4, 0.5) is 0 Å². The molecule has 4 nitrogen and oxygen atoms in total. The Hall–Kier alpha value is -1.10. The molecule has 16 heavy (non-hydrogen) atoms. The second-order valence-electron chi connectivity index (χ2n) is 3.55. The first-order valence-corrected chi connectivity index (χ1v) is 5.47. The lowest BCUT2D eigenvalue weighted by molar-refractivity contribution is 0.184. The van der Waals surface area contributed by atoms with Crippen LogP contribution in [0.1, 0.15) is 12.5 Å². The first kappa shape index (κ1) is 13.0. The van der Waals surface area contributed by atoms with Crippen molar-refractivity contribution in [3.8, 4) is 5.75 Å². The van der Waals surface area contributed by atoms with E-state index in [4.69, 9.17) is 14.9 Å². The van der Waals surface area contributed by atoms with Crippen molar-refractivity contribution in [3.05, 3.63) is 29.8 Å². The predicted molar refractivity (Wildman–Crippen MR) is 62.4 cm³/mol. The van der Waals surface area contributed by atoms with E-state index in [1.807, 2.05) is 25.1 Å². The van der Waals surface area contributed by atoms with Crippen molar-refractivity contribution < 1.29 is 14.9 Å². The van der Waals surface area contributed by atoms with E-state index in [0.717, 1.165) is 12.1 Å². The first-order chi connectivity index (χ1) is 7.80. The van der Waals surface area contributed by atoms with Crippen LogP contribution < -0.4 is 10.1 Å². The molecule has 0 aliphatic carbocycles. The summed E-state index contributed by atoms with van der Waals surface area (Å²) in [6.45, 7) is 3.25. The maximum absolute atomic E-state index is 9.05. The van der Waals surface area contributed by atoms with Gasteiger partial charge in [-0.05, 0) is 24.2 Å². The van der Waals surface area contributed by atoms with Crippen LogP contribution in [0.15, 0.2) is 24.3 Å². The molecule has 3 N–H and O–H groups in total. The molecule has 4 heteroatoms. The van der Waals surface area contributed by atoms with Crippen molar-refractivity contribution in [1.29, 1.82) is 0 Å². The van der Waals surface area contributed by atoms with Crippen molar-refractivity contribution >= 4 is 0 Å². The minimum Gasteiger partial charge on any atom is -0.492 e. The van der Waals surface area contributed by atoms with Crippen LogP contribution in [0.5, 0.6) is 5.75 Å². The fourth-order valence-corrected chi connectivity index (χ4v) is 1.40. The van der Waals surface area contributed by atoms with E-state index in [1.165, 1.54) is 0 Å². The molecule has 1 atom stereocenters. The number of hydrogen-bond acceptors (Lipinski definition) is 4. The summed E-state index contributed by atoms with van der Waals surface area (Å²) in [5.41, 5.74) is 0.821. The summed E-state index contributed by atoms with van der Waals surface area (Å²) in [5, 5.41) is 21.1. The molecule has 90 valence electrons. The molecule has 0 aromatic heterocycles. The van der Waals surface area contributed by atoms with Crippen molar-refractivity contribution in [1.82, 2.24) is 5.32 Å². The number of aliphatic hydroxyl groups is 2. The highest BCUT2D eigenvalue weighted by Gasteiger charge is 2.06. The molecule has 0 amide bonds. The lowest BCUT2D eigenvalue weighted by atomic mass is 10.2. The maximum Gasteiger partial charge on any atom is 0.119 e. The van der Waals surface area contributed by atoms with E-state index in [-0.39, 0.29) is 19.3 Å². The zero-order valence-electron chi connectivity index (χ0n) is 9.52. The fourth-order valence-electron chi connectivity index (χ4n) is 1.40. The number of benzene rings is 1. The summed E-state index contributed by atoms with van der Waals surface area (Å²) in [6, 6.07) is 7.24. The van der Waals surface area contributed by atoms with Crippen molar-refractivity contribution in [2.24, 2.45) is 0 Å². The molecule has 1 aromatic rings. The summed E-state index contributed by atoms with van der Waals surface area (Å²) in [6.07, 6.45) is 0. The monoisotopic (exact) mass is 225 g/mol. The number of ether oxygens (including phenoxy) is 1. The number of aliphatic hydroxyl groups excluding tert-OH is 2. The minimum atomic E-state index is -0.0530. The first-order valence-electron chi connectivity index (χ1n) is 5.47. The molecular formula is C12H19NO3. The number of nitrogens with one attached hydrogen (secondary N) is 1. The van der Waals surface area contributed by atoms with Crippen LogP contribution in [0, 0.1) is 0 Å². The Morgan fingerprint density at radius 3 is 2.81 bits per heavy atom. The molecular weight excluding hydrogens is 206 g/mol. The van der Waals surface area contributed by atoms with Gasteiger partial charge in [0.15, 0.2) is 0 Å². The Kier molecular flexibility index (Phi) is 5.85. The maximum atomic E-state index is 9.05. The molecule has 1 unspecified atom stereocenters. The largest absolute Gasteiger partial charge is 0.492 e. The summed E-state index contributed by atoms with van der Waals surface area (Å²) in [4.78, 5) is 0. The zero-order valence-corrected chi connectivity index (χ0v) is 9.52. The smallest absolute Gasteiger partial charge is 0.119 e. The molecule has 0 radical (unpaired) electrons. The second kappa shape index (κ2) is 7.22. The SMILES string of the molecule is CCNC(CO)COc1cccc(CO)c1. The Morgan fingerprint density at radius 2 is 2.19 bits per heavy atom. The summed E-state index contributed by atoms with van der Waals surface area (Å²) in [5.74, 6) is 0.711. The molecule has 1 aromatic carbocycles. The lowest BCUT2D eigenvalue weighted by Gasteiger charge is -2.16. The third-order valence-corrected chi connectivity index (χ3v) is 2.25.